The zero-order chi connectivity index (χ0) is 56.9. The maximum atomic E-state index is 12.5. The molecule has 0 aromatic carbocycles. The molecule has 0 bridgehead atoms. The molecule has 79 heavy (non-hydrogen) atoms. The van der Waals surface area contributed by atoms with Crippen LogP contribution in [-0.2, 0) is 4.79 Å². The number of unbranched alkanes of at least 4 members (excludes halogenated alkanes) is 34. The standard InChI is InChI=1S/C75H129NO3/c1-3-5-7-9-11-13-15-17-19-21-23-25-27-29-31-33-35-36-37-38-39-40-41-43-45-47-49-51-53-55-57-59-61-63-65-67-69-71-75(79)76-73(72-77)74(78)70-68-66-64-62-60-58-56-54-52-50-48-46-44-42-34-32-30-28-26-24-22-20-18-16-14-12-10-8-6-4-2/h5,7,11,13,17,19,23,25,29,31,35-36,38-39,41,43,52,54,60,62,68,70,73-74,77-78H,3-4,6,8-10,12,14-16,18,20-22,24,26-28,30,32-34,37,40,42,44-51,53,55-59,61,63-67,69,71-72H2,1-2H3,(H,76,79)/b7-5-,13-11-,19-17-,25-23-,31-29-,36-35-,39-38-,43-41-,54-52+,62-60+,70-68+. The van der Waals surface area contributed by atoms with Crippen molar-refractivity contribution < 1.29 is 15.0 Å². The fourth-order valence-electron chi connectivity index (χ4n) is 9.76. The molecule has 0 heterocycles. The Morgan fingerprint density at radius 1 is 0.316 bits per heavy atom. The molecule has 0 saturated heterocycles. The zero-order valence-corrected chi connectivity index (χ0v) is 52.1. The van der Waals surface area contributed by atoms with E-state index in [1.165, 1.54) is 205 Å². The molecule has 4 nitrogen and oxygen atoms in total. The summed E-state index contributed by atoms with van der Waals surface area (Å²) < 4.78 is 0. The minimum Gasteiger partial charge on any atom is -0.394 e. The fourth-order valence-corrected chi connectivity index (χ4v) is 9.76. The third kappa shape index (κ3) is 65.2. The second kappa shape index (κ2) is 68.8. The largest absolute Gasteiger partial charge is 0.394 e. The number of allylic oxidation sites excluding steroid dienone is 21. The number of nitrogens with one attached hydrogen (secondary N) is 1. The van der Waals surface area contributed by atoms with E-state index in [1.807, 2.05) is 6.08 Å². The summed E-state index contributed by atoms with van der Waals surface area (Å²) in [5.41, 5.74) is 0. The van der Waals surface area contributed by atoms with Crippen molar-refractivity contribution in [2.45, 2.75) is 328 Å². The van der Waals surface area contributed by atoms with Gasteiger partial charge < -0.3 is 15.5 Å². The summed E-state index contributed by atoms with van der Waals surface area (Å²) in [5.74, 6) is -0.0826. The lowest BCUT2D eigenvalue weighted by Gasteiger charge is -2.19. The summed E-state index contributed by atoms with van der Waals surface area (Å²) >= 11 is 0. The van der Waals surface area contributed by atoms with Gasteiger partial charge in [-0.1, -0.05) is 334 Å². The minimum absolute atomic E-state index is 0.0826. The molecule has 0 aliphatic carbocycles. The lowest BCUT2D eigenvalue weighted by molar-refractivity contribution is -0.123. The zero-order valence-electron chi connectivity index (χ0n) is 52.1. The van der Waals surface area contributed by atoms with Crippen molar-refractivity contribution in [3.63, 3.8) is 0 Å². The Hall–Kier alpha value is -3.47. The van der Waals surface area contributed by atoms with Gasteiger partial charge in [-0.3, -0.25) is 4.79 Å². The van der Waals surface area contributed by atoms with Crippen molar-refractivity contribution in [1.82, 2.24) is 5.32 Å². The molecular weight excluding hydrogens is 963 g/mol. The van der Waals surface area contributed by atoms with Gasteiger partial charge in [0, 0.05) is 6.42 Å². The smallest absolute Gasteiger partial charge is 0.220 e. The van der Waals surface area contributed by atoms with Gasteiger partial charge in [-0.2, -0.15) is 0 Å². The van der Waals surface area contributed by atoms with Crippen LogP contribution < -0.4 is 5.32 Å². The van der Waals surface area contributed by atoms with Gasteiger partial charge >= 0.3 is 0 Å². The first-order valence-corrected chi connectivity index (χ1v) is 33.9. The van der Waals surface area contributed by atoms with E-state index >= 15 is 0 Å². The van der Waals surface area contributed by atoms with Gasteiger partial charge in [0.1, 0.15) is 0 Å². The van der Waals surface area contributed by atoms with Crippen LogP contribution in [0.15, 0.2) is 134 Å². The van der Waals surface area contributed by atoms with Crippen molar-refractivity contribution in [2.75, 3.05) is 6.61 Å². The maximum absolute atomic E-state index is 12.5. The number of aliphatic hydroxyl groups is 2. The number of hydrogen-bond acceptors (Lipinski definition) is 3. The van der Waals surface area contributed by atoms with Gasteiger partial charge in [0.15, 0.2) is 0 Å². The Morgan fingerprint density at radius 3 is 0.886 bits per heavy atom. The van der Waals surface area contributed by atoms with Crippen molar-refractivity contribution >= 4 is 5.91 Å². The Morgan fingerprint density at radius 2 is 0.570 bits per heavy atom. The second-order valence-electron chi connectivity index (χ2n) is 22.5. The van der Waals surface area contributed by atoms with Crippen LogP contribution in [0.4, 0.5) is 0 Å². The highest BCUT2D eigenvalue weighted by molar-refractivity contribution is 5.76. The average molecular weight is 1090 g/mol. The van der Waals surface area contributed by atoms with Crippen LogP contribution in [0.25, 0.3) is 0 Å². The number of aliphatic hydroxyl groups excluding tert-OH is 2. The maximum Gasteiger partial charge on any atom is 0.220 e. The summed E-state index contributed by atoms with van der Waals surface area (Å²) in [6.45, 7) is 4.20. The Balaban J connectivity index is 3.58. The molecule has 452 valence electrons. The van der Waals surface area contributed by atoms with Crippen molar-refractivity contribution in [1.29, 1.82) is 0 Å². The number of rotatable bonds is 61. The second-order valence-corrected chi connectivity index (χ2v) is 22.5. The van der Waals surface area contributed by atoms with Crippen LogP contribution in [-0.4, -0.2) is 34.9 Å². The van der Waals surface area contributed by atoms with Crippen molar-refractivity contribution in [2.24, 2.45) is 0 Å². The van der Waals surface area contributed by atoms with Gasteiger partial charge in [0.05, 0.1) is 18.8 Å². The minimum atomic E-state index is -0.881. The van der Waals surface area contributed by atoms with Crippen molar-refractivity contribution in [3.05, 3.63) is 134 Å². The van der Waals surface area contributed by atoms with Gasteiger partial charge in [0.2, 0.25) is 5.91 Å². The first-order chi connectivity index (χ1) is 39.2. The molecule has 0 aromatic rings. The molecule has 0 saturated carbocycles. The Bertz CT molecular complexity index is 1570. The van der Waals surface area contributed by atoms with Gasteiger partial charge in [-0.15, -0.1) is 0 Å². The highest BCUT2D eigenvalue weighted by Gasteiger charge is 2.18. The molecular formula is C75H129NO3. The van der Waals surface area contributed by atoms with Crippen LogP contribution in [0.2, 0.25) is 0 Å². The summed E-state index contributed by atoms with van der Waals surface area (Å²) in [6, 6.07) is -0.657. The predicted molar refractivity (Wildman–Crippen MR) is 354 cm³/mol. The third-order valence-corrected chi connectivity index (χ3v) is 14.8. The predicted octanol–water partition coefficient (Wildman–Crippen LogP) is 23.3. The highest BCUT2D eigenvalue weighted by atomic mass is 16.3. The van der Waals surface area contributed by atoms with Crippen LogP contribution in [0.1, 0.15) is 316 Å². The molecule has 0 rings (SSSR count). The first kappa shape index (κ1) is 75.5. The van der Waals surface area contributed by atoms with Crippen LogP contribution in [0, 0.1) is 0 Å². The number of carbonyl (C=O) groups is 1. The van der Waals surface area contributed by atoms with Gasteiger partial charge in [0.25, 0.3) is 0 Å². The number of hydrogen-bond donors (Lipinski definition) is 3. The molecule has 2 atom stereocenters. The summed E-state index contributed by atoms with van der Waals surface area (Å²) in [7, 11) is 0. The number of carbonyl (C=O) groups excluding carboxylic acids is 1. The molecule has 0 aromatic heterocycles. The average Bonchev–Trinajstić information content (AvgIpc) is 3.45. The SMILES string of the molecule is CC/C=C\C/C=C\C/C=C\C/C=C\C/C=C\C/C=C\C/C=C\C/C=C\CCCCCCCCCCCCCCC(=O)NC(CO)C(O)/C=C/CC/C=C/CC/C=C/CCCCCCCCCCCCCCCCCCCCCC. The Labute approximate surface area is 491 Å². The monoisotopic (exact) mass is 1090 g/mol. The van der Waals surface area contributed by atoms with Crippen LogP contribution in [0.3, 0.4) is 0 Å². The summed E-state index contributed by atoms with van der Waals surface area (Å²) in [6.07, 6.45) is 107. The molecule has 0 spiro atoms. The lowest BCUT2D eigenvalue weighted by atomic mass is 10.0. The van der Waals surface area contributed by atoms with Crippen molar-refractivity contribution in [3.8, 4) is 0 Å². The quantitative estimate of drug-likeness (QED) is 0.0420. The summed E-state index contributed by atoms with van der Waals surface area (Å²) in [4.78, 5) is 12.5. The topological polar surface area (TPSA) is 69.6 Å². The molecule has 0 fully saturated rings. The van der Waals surface area contributed by atoms with Gasteiger partial charge in [-0.05, 0) is 109 Å². The normalized spacial score (nSPS) is 13.6. The van der Waals surface area contributed by atoms with Crippen LogP contribution in [0.5, 0.6) is 0 Å². The van der Waals surface area contributed by atoms with E-state index in [0.717, 1.165) is 89.9 Å². The molecule has 1 amide bonds. The molecule has 2 unspecified atom stereocenters. The van der Waals surface area contributed by atoms with E-state index in [2.05, 4.69) is 141 Å². The molecule has 0 aliphatic rings. The van der Waals surface area contributed by atoms with E-state index in [9.17, 15) is 15.0 Å². The van der Waals surface area contributed by atoms with E-state index in [0.29, 0.717) is 6.42 Å². The summed E-state index contributed by atoms with van der Waals surface area (Å²) in [5, 5.41) is 23.2. The molecule has 4 heteroatoms. The van der Waals surface area contributed by atoms with E-state index in [4.69, 9.17) is 0 Å². The first-order valence-electron chi connectivity index (χ1n) is 33.9. The van der Waals surface area contributed by atoms with E-state index < -0.39 is 12.1 Å². The van der Waals surface area contributed by atoms with Crippen LogP contribution >= 0.6 is 0 Å². The third-order valence-electron chi connectivity index (χ3n) is 14.8. The van der Waals surface area contributed by atoms with E-state index in [-0.39, 0.29) is 12.5 Å². The molecule has 0 aliphatic heterocycles. The Kier molecular flexibility index (Phi) is 65.8. The highest BCUT2D eigenvalue weighted by Crippen LogP contribution is 2.17. The van der Waals surface area contributed by atoms with Gasteiger partial charge in [-0.25, -0.2) is 0 Å². The molecule has 3 N–H and O–H groups in total. The van der Waals surface area contributed by atoms with E-state index in [1.54, 1.807) is 6.08 Å². The lowest BCUT2D eigenvalue weighted by Crippen LogP contribution is -2.45. The molecule has 0 radical (unpaired) electrons. The fraction of sp³-hybridized carbons (Fsp3) is 0.693. The number of amides is 1.